The number of carbonyl (C=O) groups excluding carboxylic acids is 1. The number of nitrogens with one attached hydrogen (secondary N) is 1. The number of aryl methyl sites for hydroxylation is 1. The van der Waals surface area contributed by atoms with E-state index in [9.17, 15) is 14.7 Å². The standard InChI is InChI=1S/C21H23NO4/c1-21(13-19(23)24,15-8-5-9-16(12-15)26-2)22-20(25)18-11-4-7-14-6-3-10-17(14)18/h4-5,7-9,11-12H,3,6,10,13H2,1-2H3,(H,22,25)(H,23,24). The van der Waals surface area contributed by atoms with E-state index >= 15 is 0 Å². The predicted octanol–water partition coefficient (Wildman–Crippen LogP) is 3.30. The Morgan fingerprint density at radius 1 is 1.19 bits per heavy atom. The molecule has 0 saturated heterocycles. The van der Waals surface area contributed by atoms with E-state index in [2.05, 4.69) is 11.4 Å². The van der Waals surface area contributed by atoms with E-state index in [0.29, 0.717) is 16.9 Å². The summed E-state index contributed by atoms with van der Waals surface area (Å²) in [5, 5.41) is 12.4. The van der Waals surface area contributed by atoms with Gasteiger partial charge < -0.3 is 15.2 Å². The van der Waals surface area contributed by atoms with Crippen molar-refractivity contribution in [3.63, 3.8) is 0 Å². The van der Waals surface area contributed by atoms with Gasteiger partial charge in [0, 0.05) is 5.56 Å². The van der Waals surface area contributed by atoms with Crippen LogP contribution in [0.15, 0.2) is 42.5 Å². The zero-order chi connectivity index (χ0) is 18.7. The second-order valence-corrected chi connectivity index (χ2v) is 6.89. The lowest BCUT2D eigenvalue weighted by molar-refractivity contribution is -0.138. The molecule has 136 valence electrons. The molecule has 5 nitrogen and oxygen atoms in total. The van der Waals surface area contributed by atoms with Crippen molar-refractivity contribution in [3.05, 3.63) is 64.7 Å². The molecule has 0 heterocycles. The van der Waals surface area contributed by atoms with Gasteiger partial charge in [-0.2, -0.15) is 0 Å². The summed E-state index contributed by atoms with van der Waals surface area (Å²) in [6.45, 7) is 1.73. The normalized spacial score (nSPS) is 15.0. The van der Waals surface area contributed by atoms with E-state index in [4.69, 9.17) is 4.74 Å². The van der Waals surface area contributed by atoms with Crippen molar-refractivity contribution < 1.29 is 19.4 Å². The molecular formula is C21H23NO4. The molecule has 1 aliphatic carbocycles. The molecule has 0 spiro atoms. The summed E-state index contributed by atoms with van der Waals surface area (Å²) in [6, 6.07) is 12.9. The van der Waals surface area contributed by atoms with Crippen molar-refractivity contribution in [2.75, 3.05) is 7.11 Å². The first-order chi connectivity index (χ1) is 12.4. The maximum Gasteiger partial charge on any atom is 0.306 e. The molecule has 1 unspecified atom stereocenters. The number of carboxylic acid groups (broad SMARTS) is 1. The summed E-state index contributed by atoms with van der Waals surface area (Å²) in [5.74, 6) is -0.599. The van der Waals surface area contributed by atoms with Gasteiger partial charge in [-0.15, -0.1) is 0 Å². The molecule has 2 aromatic carbocycles. The van der Waals surface area contributed by atoms with Crippen LogP contribution < -0.4 is 10.1 Å². The Morgan fingerprint density at radius 3 is 2.69 bits per heavy atom. The van der Waals surface area contributed by atoms with E-state index in [0.717, 1.165) is 24.8 Å². The van der Waals surface area contributed by atoms with Gasteiger partial charge in [0.1, 0.15) is 5.75 Å². The fourth-order valence-corrected chi connectivity index (χ4v) is 3.64. The molecule has 3 rings (SSSR count). The maximum atomic E-state index is 13.0. The van der Waals surface area contributed by atoms with Gasteiger partial charge in [0.15, 0.2) is 0 Å². The number of carboxylic acids is 1. The summed E-state index contributed by atoms with van der Waals surface area (Å²) in [7, 11) is 1.56. The number of fused-ring (bicyclic) bond motifs is 1. The highest BCUT2D eigenvalue weighted by atomic mass is 16.5. The van der Waals surface area contributed by atoms with Gasteiger partial charge in [0.05, 0.1) is 19.1 Å². The predicted molar refractivity (Wildman–Crippen MR) is 98.5 cm³/mol. The number of hydrogen-bond acceptors (Lipinski definition) is 3. The summed E-state index contributed by atoms with van der Waals surface area (Å²) in [6.07, 6.45) is 2.69. The third-order valence-corrected chi connectivity index (χ3v) is 4.99. The average molecular weight is 353 g/mol. The fourth-order valence-electron chi connectivity index (χ4n) is 3.64. The summed E-state index contributed by atoms with van der Waals surface area (Å²) in [5.41, 5.74) is 2.57. The Labute approximate surface area is 153 Å². The molecule has 0 bridgehead atoms. The van der Waals surface area contributed by atoms with Crippen molar-refractivity contribution in [3.8, 4) is 5.75 Å². The number of hydrogen-bond donors (Lipinski definition) is 2. The Bertz CT molecular complexity index is 846. The summed E-state index contributed by atoms with van der Waals surface area (Å²) in [4.78, 5) is 24.5. The second-order valence-electron chi connectivity index (χ2n) is 6.89. The van der Waals surface area contributed by atoms with Crippen LogP contribution >= 0.6 is 0 Å². The third kappa shape index (κ3) is 3.57. The van der Waals surface area contributed by atoms with Crippen LogP contribution in [0.1, 0.15) is 46.8 Å². The van der Waals surface area contributed by atoms with Gasteiger partial charge in [-0.25, -0.2) is 0 Å². The van der Waals surface area contributed by atoms with Gasteiger partial charge >= 0.3 is 5.97 Å². The molecule has 1 amide bonds. The molecule has 1 aliphatic rings. The molecule has 0 radical (unpaired) electrons. The molecule has 26 heavy (non-hydrogen) atoms. The Hall–Kier alpha value is -2.82. The van der Waals surface area contributed by atoms with Crippen LogP contribution in [-0.4, -0.2) is 24.1 Å². The molecule has 0 fully saturated rings. The Morgan fingerprint density at radius 2 is 1.96 bits per heavy atom. The van der Waals surface area contributed by atoms with Gasteiger partial charge in [-0.1, -0.05) is 24.3 Å². The van der Waals surface area contributed by atoms with Crippen molar-refractivity contribution in [1.82, 2.24) is 5.32 Å². The largest absolute Gasteiger partial charge is 0.497 e. The average Bonchev–Trinajstić information content (AvgIpc) is 3.09. The van der Waals surface area contributed by atoms with Crippen LogP contribution in [0.4, 0.5) is 0 Å². The van der Waals surface area contributed by atoms with Crippen LogP contribution in [0.25, 0.3) is 0 Å². The van der Waals surface area contributed by atoms with Crippen LogP contribution in [0.5, 0.6) is 5.75 Å². The molecule has 0 aromatic heterocycles. The molecule has 2 N–H and O–H groups in total. The van der Waals surface area contributed by atoms with E-state index in [1.807, 2.05) is 12.1 Å². The van der Waals surface area contributed by atoms with Gasteiger partial charge in [0.2, 0.25) is 0 Å². The molecule has 0 saturated carbocycles. The summed E-state index contributed by atoms with van der Waals surface area (Å²) < 4.78 is 5.24. The number of amides is 1. The molecular weight excluding hydrogens is 330 g/mol. The Kier molecular flexibility index (Phi) is 4.98. The molecule has 5 heteroatoms. The van der Waals surface area contributed by atoms with E-state index in [1.54, 1.807) is 38.3 Å². The monoisotopic (exact) mass is 353 g/mol. The lowest BCUT2D eigenvalue weighted by atomic mass is 9.87. The minimum absolute atomic E-state index is 0.221. The van der Waals surface area contributed by atoms with Crippen LogP contribution in [0.2, 0.25) is 0 Å². The number of carbonyl (C=O) groups is 2. The van der Waals surface area contributed by atoms with Gasteiger partial charge in [0.25, 0.3) is 5.91 Å². The van der Waals surface area contributed by atoms with E-state index < -0.39 is 11.5 Å². The van der Waals surface area contributed by atoms with Crippen LogP contribution in [0.3, 0.4) is 0 Å². The van der Waals surface area contributed by atoms with E-state index in [1.165, 1.54) is 5.56 Å². The first kappa shape index (κ1) is 18.0. The minimum Gasteiger partial charge on any atom is -0.497 e. The smallest absolute Gasteiger partial charge is 0.306 e. The number of aliphatic carboxylic acids is 1. The zero-order valence-corrected chi connectivity index (χ0v) is 15.0. The van der Waals surface area contributed by atoms with Crippen LogP contribution in [-0.2, 0) is 23.2 Å². The summed E-state index contributed by atoms with van der Waals surface area (Å²) >= 11 is 0. The first-order valence-corrected chi connectivity index (χ1v) is 8.72. The lowest BCUT2D eigenvalue weighted by Gasteiger charge is -2.30. The number of ether oxygens (including phenoxy) is 1. The van der Waals surface area contributed by atoms with Crippen molar-refractivity contribution >= 4 is 11.9 Å². The molecule has 2 aromatic rings. The quantitative estimate of drug-likeness (QED) is 0.835. The van der Waals surface area contributed by atoms with E-state index in [-0.39, 0.29) is 12.3 Å². The fraction of sp³-hybridized carbons (Fsp3) is 0.333. The van der Waals surface area contributed by atoms with Gasteiger partial charge in [-0.05, 0) is 61.1 Å². The highest BCUT2D eigenvalue weighted by Crippen LogP contribution is 2.30. The zero-order valence-electron chi connectivity index (χ0n) is 15.0. The van der Waals surface area contributed by atoms with Crippen LogP contribution in [0, 0.1) is 0 Å². The van der Waals surface area contributed by atoms with Crippen molar-refractivity contribution in [2.45, 2.75) is 38.1 Å². The number of rotatable bonds is 6. The maximum absolute atomic E-state index is 13.0. The molecule has 1 atom stereocenters. The first-order valence-electron chi connectivity index (χ1n) is 8.72. The third-order valence-electron chi connectivity index (χ3n) is 4.99. The minimum atomic E-state index is -1.04. The highest BCUT2D eigenvalue weighted by Gasteiger charge is 2.33. The second kappa shape index (κ2) is 7.20. The van der Waals surface area contributed by atoms with Gasteiger partial charge in [-0.3, -0.25) is 9.59 Å². The molecule has 0 aliphatic heterocycles. The number of methoxy groups -OCH3 is 1. The lowest BCUT2D eigenvalue weighted by Crippen LogP contribution is -2.45. The number of benzene rings is 2. The van der Waals surface area contributed by atoms with Crippen molar-refractivity contribution in [2.24, 2.45) is 0 Å². The SMILES string of the molecule is COc1cccc(C(C)(CC(=O)O)NC(=O)c2cccc3c2CCC3)c1. The van der Waals surface area contributed by atoms with Crippen molar-refractivity contribution in [1.29, 1.82) is 0 Å². The topological polar surface area (TPSA) is 75.6 Å². The highest BCUT2D eigenvalue weighted by molar-refractivity contribution is 5.97. The Balaban J connectivity index is 1.95.